The van der Waals surface area contributed by atoms with Gasteiger partial charge in [0.1, 0.15) is 0 Å². The molecule has 0 spiro atoms. The van der Waals surface area contributed by atoms with Crippen LogP contribution in [0.5, 0.6) is 0 Å². The number of aryl methyl sites for hydroxylation is 2. The average Bonchev–Trinajstić information content (AvgIpc) is 3.19. The summed E-state index contributed by atoms with van der Waals surface area (Å²) in [6, 6.07) is 10.4. The standard InChI is InChI=1S/C23H25BrClN5O2S/c1-5-30-21(15(4)26-22(32)16-8-6-7-9-18(16)25)28-29-23(30)33-12-20(31)27-19-11-14(3)13(2)10-17(19)24/h6-11,15H,5,12H2,1-4H3,(H,26,32)(H,27,31)/t15-/m1/s1. The van der Waals surface area contributed by atoms with Gasteiger partial charge in [0, 0.05) is 11.0 Å². The lowest BCUT2D eigenvalue weighted by atomic mass is 10.1. The highest BCUT2D eigenvalue weighted by Gasteiger charge is 2.21. The van der Waals surface area contributed by atoms with Crippen molar-refractivity contribution in [1.29, 1.82) is 0 Å². The Labute approximate surface area is 210 Å². The number of amides is 2. The lowest BCUT2D eigenvalue weighted by molar-refractivity contribution is -0.113. The van der Waals surface area contributed by atoms with Crippen molar-refractivity contribution in [2.45, 2.75) is 45.4 Å². The number of anilines is 1. The molecule has 0 saturated heterocycles. The molecule has 0 fully saturated rings. The summed E-state index contributed by atoms with van der Waals surface area (Å²) in [6.07, 6.45) is 0. The van der Waals surface area contributed by atoms with Gasteiger partial charge >= 0.3 is 0 Å². The highest BCUT2D eigenvalue weighted by molar-refractivity contribution is 9.10. The van der Waals surface area contributed by atoms with Crippen LogP contribution in [-0.2, 0) is 11.3 Å². The molecule has 0 aliphatic rings. The second-order valence-corrected chi connectivity index (χ2v) is 9.72. The fraction of sp³-hybridized carbons (Fsp3) is 0.304. The van der Waals surface area contributed by atoms with Crippen molar-refractivity contribution in [2.24, 2.45) is 0 Å². The minimum absolute atomic E-state index is 0.142. The number of benzene rings is 2. The number of rotatable bonds is 8. The Morgan fingerprint density at radius 2 is 1.88 bits per heavy atom. The van der Waals surface area contributed by atoms with Gasteiger partial charge in [-0.3, -0.25) is 9.59 Å². The maximum atomic E-state index is 12.6. The van der Waals surface area contributed by atoms with Gasteiger partial charge in [-0.1, -0.05) is 35.5 Å². The van der Waals surface area contributed by atoms with E-state index >= 15 is 0 Å². The molecule has 3 aromatic rings. The number of halogens is 2. The molecule has 174 valence electrons. The summed E-state index contributed by atoms with van der Waals surface area (Å²) in [6.45, 7) is 8.42. The number of hydrogen-bond donors (Lipinski definition) is 2. The van der Waals surface area contributed by atoms with Crippen molar-refractivity contribution in [3.8, 4) is 0 Å². The Kier molecular flexibility index (Phi) is 8.56. The Balaban J connectivity index is 1.65. The second kappa shape index (κ2) is 11.2. The molecule has 0 unspecified atom stereocenters. The topological polar surface area (TPSA) is 88.9 Å². The van der Waals surface area contributed by atoms with Gasteiger partial charge in [-0.15, -0.1) is 10.2 Å². The number of nitrogens with one attached hydrogen (secondary N) is 2. The van der Waals surface area contributed by atoms with E-state index in [1.165, 1.54) is 11.8 Å². The van der Waals surface area contributed by atoms with E-state index in [0.717, 1.165) is 21.3 Å². The Morgan fingerprint density at radius 1 is 1.18 bits per heavy atom. The van der Waals surface area contributed by atoms with Gasteiger partial charge in [0.25, 0.3) is 5.91 Å². The van der Waals surface area contributed by atoms with E-state index in [-0.39, 0.29) is 17.6 Å². The first-order valence-corrected chi connectivity index (χ1v) is 12.5. The zero-order valence-electron chi connectivity index (χ0n) is 18.8. The lowest BCUT2D eigenvalue weighted by Gasteiger charge is -2.15. The van der Waals surface area contributed by atoms with Crippen LogP contribution in [0.25, 0.3) is 0 Å². The number of aromatic nitrogens is 3. The third-order valence-corrected chi connectivity index (χ3v) is 7.06. The fourth-order valence-electron chi connectivity index (χ4n) is 3.20. The molecular weight excluding hydrogens is 526 g/mol. The average molecular weight is 551 g/mol. The number of hydrogen-bond acceptors (Lipinski definition) is 5. The van der Waals surface area contributed by atoms with E-state index < -0.39 is 6.04 Å². The molecule has 0 aliphatic heterocycles. The van der Waals surface area contributed by atoms with E-state index in [9.17, 15) is 9.59 Å². The predicted molar refractivity (Wildman–Crippen MR) is 136 cm³/mol. The summed E-state index contributed by atoms with van der Waals surface area (Å²) in [4.78, 5) is 25.1. The van der Waals surface area contributed by atoms with E-state index in [1.807, 2.05) is 44.4 Å². The normalized spacial score (nSPS) is 11.8. The third kappa shape index (κ3) is 6.16. The predicted octanol–water partition coefficient (Wildman–Crippen LogP) is 5.55. The molecule has 7 nitrogen and oxygen atoms in total. The minimum Gasteiger partial charge on any atom is -0.342 e. The summed E-state index contributed by atoms with van der Waals surface area (Å²) >= 11 is 10.9. The van der Waals surface area contributed by atoms with Crippen LogP contribution in [-0.4, -0.2) is 32.3 Å². The first-order valence-electron chi connectivity index (χ1n) is 10.4. The highest BCUT2D eigenvalue weighted by atomic mass is 79.9. The monoisotopic (exact) mass is 549 g/mol. The van der Waals surface area contributed by atoms with Crippen LogP contribution in [0.15, 0.2) is 46.0 Å². The maximum absolute atomic E-state index is 12.6. The van der Waals surface area contributed by atoms with Crippen LogP contribution in [0.2, 0.25) is 5.02 Å². The van der Waals surface area contributed by atoms with Crippen LogP contribution >= 0.6 is 39.3 Å². The molecule has 0 radical (unpaired) electrons. The summed E-state index contributed by atoms with van der Waals surface area (Å²) in [5.74, 6) is 0.359. The molecular formula is C23H25BrClN5O2S. The SMILES string of the molecule is CCn1c(SCC(=O)Nc2cc(C)c(C)cc2Br)nnc1[C@@H](C)NC(=O)c1ccccc1Cl. The molecule has 0 saturated carbocycles. The van der Waals surface area contributed by atoms with Crippen molar-refractivity contribution in [2.75, 3.05) is 11.1 Å². The van der Waals surface area contributed by atoms with Crippen LogP contribution in [0.1, 0.15) is 47.2 Å². The maximum Gasteiger partial charge on any atom is 0.253 e. The van der Waals surface area contributed by atoms with Gasteiger partial charge < -0.3 is 15.2 Å². The highest BCUT2D eigenvalue weighted by Crippen LogP contribution is 2.27. The van der Waals surface area contributed by atoms with Gasteiger partial charge in [0.05, 0.1) is 28.1 Å². The van der Waals surface area contributed by atoms with Gasteiger partial charge in [0.15, 0.2) is 11.0 Å². The molecule has 2 N–H and O–H groups in total. The summed E-state index contributed by atoms with van der Waals surface area (Å²) < 4.78 is 2.73. The molecule has 33 heavy (non-hydrogen) atoms. The minimum atomic E-state index is -0.393. The van der Waals surface area contributed by atoms with Gasteiger partial charge in [-0.05, 0) is 79.0 Å². The summed E-state index contributed by atoms with van der Waals surface area (Å²) in [5, 5.41) is 15.3. The zero-order valence-corrected chi connectivity index (χ0v) is 21.9. The van der Waals surface area contributed by atoms with E-state index in [1.54, 1.807) is 24.3 Å². The molecule has 0 bridgehead atoms. The van der Waals surface area contributed by atoms with Crippen LogP contribution in [0, 0.1) is 13.8 Å². The largest absolute Gasteiger partial charge is 0.342 e. The number of carbonyl (C=O) groups excluding carboxylic acids is 2. The Morgan fingerprint density at radius 3 is 2.58 bits per heavy atom. The number of carbonyl (C=O) groups is 2. The van der Waals surface area contributed by atoms with Crippen molar-refractivity contribution in [1.82, 2.24) is 20.1 Å². The smallest absolute Gasteiger partial charge is 0.253 e. The van der Waals surface area contributed by atoms with Crippen LogP contribution in [0.4, 0.5) is 5.69 Å². The van der Waals surface area contributed by atoms with E-state index in [2.05, 4.69) is 36.8 Å². The molecule has 10 heteroatoms. The van der Waals surface area contributed by atoms with Gasteiger partial charge in [0.2, 0.25) is 5.91 Å². The Bertz CT molecular complexity index is 1180. The lowest BCUT2D eigenvalue weighted by Crippen LogP contribution is -2.29. The van der Waals surface area contributed by atoms with Crippen LogP contribution < -0.4 is 10.6 Å². The van der Waals surface area contributed by atoms with Crippen molar-refractivity contribution < 1.29 is 9.59 Å². The molecule has 0 aliphatic carbocycles. The molecule has 1 aromatic heterocycles. The summed E-state index contributed by atoms with van der Waals surface area (Å²) in [7, 11) is 0. The van der Waals surface area contributed by atoms with Gasteiger partial charge in [-0.2, -0.15) is 0 Å². The number of nitrogens with zero attached hydrogens (tertiary/aromatic N) is 3. The quantitative estimate of drug-likeness (QED) is 0.359. The molecule has 2 amide bonds. The first kappa shape index (κ1) is 25.3. The Hall–Kier alpha value is -2.36. The summed E-state index contributed by atoms with van der Waals surface area (Å²) in [5.41, 5.74) is 3.38. The van der Waals surface area contributed by atoms with Gasteiger partial charge in [-0.25, -0.2) is 0 Å². The van der Waals surface area contributed by atoms with Crippen molar-refractivity contribution in [3.05, 3.63) is 68.4 Å². The molecule has 3 rings (SSSR count). The zero-order chi connectivity index (χ0) is 24.1. The molecule has 1 heterocycles. The van der Waals surface area contributed by atoms with E-state index in [0.29, 0.717) is 28.1 Å². The number of thioether (sulfide) groups is 1. The molecule has 1 atom stereocenters. The fourth-order valence-corrected chi connectivity index (χ4v) is 4.79. The van der Waals surface area contributed by atoms with Crippen molar-refractivity contribution >= 4 is 56.8 Å². The third-order valence-electron chi connectivity index (χ3n) is 5.10. The van der Waals surface area contributed by atoms with E-state index in [4.69, 9.17) is 11.6 Å². The van der Waals surface area contributed by atoms with Crippen LogP contribution in [0.3, 0.4) is 0 Å². The second-order valence-electron chi connectivity index (χ2n) is 7.51. The first-order chi connectivity index (χ1) is 15.7. The van der Waals surface area contributed by atoms with Crippen molar-refractivity contribution in [3.63, 3.8) is 0 Å². The molecule has 2 aromatic carbocycles.